The summed E-state index contributed by atoms with van der Waals surface area (Å²) in [6.45, 7) is 2.12. The molecule has 3 heteroatoms. The van der Waals surface area contributed by atoms with Gasteiger partial charge in [0.2, 0.25) is 0 Å². The minimum absolute atomic E-state index is 0.700. The molecule has 0 fully saturated rings. The van der Waals surface area contributed by atoms with Crippen molar-refractivity contribution in [1.82, 2.24) is 0 Å². The molecular weight excluding hydrogens is 436 g/mol. The molecule has 0 aliphatic rings. The van der Waals surface area contributed by atoms with Gasteiger partial charge >= 0.3 is 0 Å². The van der Waals surface area contributed by atoms with Crippen molar-refractivity contribution in [3.05, 3.63) is 54.7 Å². The summed E-state index contributed by atoms with van der Waals surface area (Å²) in [6.07, 6.45) is 0. The molecule has 0 atom stereocenters. The third kappa shape index (κ3) is 2.63. The lowest BCUT2D eigenvalue weighted by Gasteiger charge is -2.09. The molecule has 0 heterocycles. The first kappa shape index (κ1) is 12.8. The maximum Gasteiger partial charge on any atom is 0.0991 e. The zero-order valence-electron chi connectivity index (χ0n) is 9.17. The van der Waals surface area contributed by atoms with Crippen LogP contribution in [0.3, 0.4) is 0 Å². The third-order valence-corrected chi connectivity index (χ3v) is 6.14. The van der Waals surface area contributed by atoms with E-state index in [1.165, 1.54) is 18.3 Å². The number of benzene rings is 2. The van der Waals surface area contributed by atoms with Gasteiger partial charge in [-0.2, -0.15) is 5.26 Å². The largest absolute Gasteiger partial charge is 0.192 e. The van der Waals surface area contributed by atoms with Gasteiger partial charge in [-0.1, -0.05) is 24.3 Å². The van der Waals surface area contributed by atoms with E-state index in [1.807, 2.05) is 24.3 Å². The van der Waals surface area contributed by atoms with Gasteiger partial charge in [0.1, 0.15) is 0 Å². The standard InChI is InChI=1S/C14H9I2N/c1-9-2-7-12(14(16)13(9)15)11-5-3-10(8-17)4-6-11/h2-7H,1H3. The molecule has 84 valence electrons. The maximum atomic E-state index is 8.78. The fraction of sp³-hybridized carbons (Fsp3) is 0.0714. The summed E-state index contributed by atoms with van der Waals surface area (Å²) in [7, 11) is 0. The summed E-state index contributed by atoms with van der Waals surface area (Å²) in [5.41, 5.74) is 4.38. The average molecular weight is 445 g/mol. The lowest BCUT2D eigenvalue weighted by atomic mass is 10.0. The molecule has 0 spiro atoms. The highest BCUT2D eigenvalue weighted by molar-refractivity contribution is 14.1. The summed E-state index contributed by atoms with van der Waals surface area (Å²) < 4.78 is 2.57. The Bertz CT molecular complexity index is 595. The molecule has 0 saturated carbocycles. The molecule has 2 rings (SSSR count). The predicted molar refractivity (Wildman–Crippen MR) is 86.8 cm³/mol. The first-order valence-electron chi connectivity index (χ1n) is 5.08. The second-order valence-corrected chi connectivity index (χ2v) is 5.90. The lowest BCUT2D eigenvalue weighted by molar-refractivity contribution is 1.39. The van der Waals surface area contributed by atoms with Crippen molar-refractivity contribution >= 4 is 45.2 Å². The van der Waals surface area contributed by atoms with E-state index in [0.717, 1.165) is 5.56 Å². The number of nitrogens with zero attached hydrogens (tertiary/aromatic N) is 1. The molecule has 17 heavy (non-hydrogen) atoms. The quantitative estimate of drug-likeness (QED) is 0.582. The van der Waals surface area contributed by atoms with Gasteiger partial charge in [-0.05, 0) is 80.9 Å². The van der Waals surface area contributed by atoms with E-state index in [2.05, 4.69) is 70.3 Å². The predicted octanol–water partition coefficient (Wildman–Crippen LogP) is 4.74. The Morgan fingerprint density at radius 1 is 0.941 bits per heavy atom. The van der Waals surface area contributed by atoms with E-state index >= 15 is 0 Å². The molecule has 0 aromatic heterocycles. The highest BCUT2D eigenvalue weighted by Crippen LogP contribution is 2.30. The van der Waals surface area contributed by atoms with Crippen LogP contribution in [0.1, 0.15) is 11.1 Å². The van der Waals surface area contributed by atoms with Crippen LogP contribution in [-0.2, 0) is 0 Å². The zero-order valence-corrected chi connectivity index (χ0v) is 13.5. The molecule has 1 nitrogen and oxygen atoms in total. The average Bonchev–Trinajstić information content (AvgIpc) is 2.36. The first-order chi connectivity index (χ1) is 8.13. The Balaban J connectivity index is 2.54. The zero-order chi connectivity index (χ0) is 12.4. The summed E-state index contributed by atoms with van der Waals surface area (Å²) in [4.78, 5) is 0. The summed E-state index contributed by atoms with van der Waals surface area (Å²) in [5, 5.41) is 8.78. The van der Waals surface area contributed by atoms with Crippen LogP contribution in [-0.4, -0.2) is 0 Å². The highest BCUT2D eigenvalue weighted by atomic mass is 127. The third-order valence-electron chi connectivity index (χ3n) is 2.60. The minimum Gasteiger partial charge on any atom is -0.192 e. The van der Waals surface area contributed by atoms with Gasteiger partial charge in [0, 0.05) is 7.14 Å². The Labute approximate surface area is 128 Å². The molecule has 0 amide bonds. The van der Waals surface area contributed by atoms with Gasteiger partial charge in [-0.3, -0.25) is 0 Å². The molecule has 0 saturated heterocycles. The lowest BCUT2D eigenvalue weighted by Crippen LogP contribution is -1.90. The highest BCUT2D eigenvalue weighted by Gasteiger charge is 2.08. The second kappa shape index (κ2) is 5.36. The van der Waals surface area contributed by atoms with Gasteiger partial charge in [-0.15, -0.1) is 0 Å². The van der Waals surface area contributed by atoms with Crippen LogP contribution in [0.2, 0.25) is 0 Å². The number of hydrogen-bond acceptors (Lipinski definition) is 1. The molecule has 2 aromatic carbocycles. The summed E-state index contributed by atoms with van der Waals surface area (Å²) >= 11 is 4.76. The van der Waals surface area contributed by atoms with E-state index in [4.69, 9.17) is 5.26 Å². The van der Waals surface area contributed by atoms with Gasteiger partial charge in [-0.25, -0.2) is 0 Å². The topological polar surface area (TPSA) is 23.8 Å². The maximum absolute atomic E-state index is 8.78. The molecule has 0 N–H and O–H groups in total. The number of halogens is 2. The van der Waals surface area contributed by atoms with Crippen molar-refractivity contribution in [3.63, 3.8) is 0 Å². The van der Waals surface area contributed by atoms with Gasteiger partial charge < -0.3 is 0 Å². The Hall–Kier alpha value is -0.610. The van der Waals surface area contributed by atoms with Crippen molar-refractivity contribution in [3.8, 4) is 17.2 Å². The van der Waals surface area contributed by atoms with Crippen molar-refractivity contribution in [2.45, 2.75) is 6.92 Å². The Morgan fingerprint density at radius 2 is 1.59 bits per heavy atom. The van der Waals surface area contributed by atoms with Crippen molar-refractivity contribution < 1.29 is 0 Å². The number of rotatable bonds is 1. The van der Waals surface area contributed by atoms with Gasteiger partial charge in [0.15, 0.2) is 0 Å². The van der Waals surface area contributed by atoms with E-state index in [1.54, 1.807) is 0 Å². The summed E-state index contributed by atoms with van der Waals surface area (Å²) in [5.74, 6) is 0. The fourth-order valence-electron chi connectivity index (χ4n) is 1.59. The van der Waals surface area contributed by atoms with E-state index in [-0.39, 0.29) is 0 Å². The monoisotopic (exact) mass is 445 g/mol. The van der Waals surface area contributed by atoms with E-state index in [9.17, 15) is 0 Å². The number of aryl methyl sites for hydroxylation is 1. The summed E-state index contributed by atoms with van der Waals surface area (Å²) in [6, 6.07) is 14.1. The van der Waals surface area contributed by atoms with E-state index < -0.39 is 0 Å². The molecule has 2 aromatic rings. The number of hydrogen-bond donors (Lipinski definition) is 0. The molecule has 0 radical (unpaired) electrons. The fourth-order valence-corrected chi connectivity index (χ4v) is 2.98. The minimum atomic E-state index is 0.700. The first-order valence-corrected chi connectivity index (χ1v) is 7.24. The van der Waals surface area contributed by atoms with Crippen molar-refractivity contribution in [1.29, 1.82) is 5.26 Å². The second-order valence-electron chi connectivity index (χ2n) is 3.75. The molecular formula is C14H9I2N. The van der Waals surface area contributed by atoms with Crippen LogP contribution < -0.4 is 0 Å². The Morgan fingerprint density at radius 3 is 2.18 bits per heavy atom. The molecule has 0 bridgehead atoms. The van der Waals surface area contributed by atoms with Crippen LogP contribution in [0.4, 0.5) is 0 Å². The molecule has 0 aliphatic heterocycles. The van der Waals surface area contributed by atoms with Crippen LogP contribution in [0, 0.1) is 25.4 Å². The Kier molecular flexibility index (Phi) is 4.05. The van der Waals surface area contributed by atoms with Crippen molar-refractivity contribution in [2.75, 3.05) is 0 Å². The van der Waals surface area contributed by atoms with E-state index in [0.29, 0.717) is 5.56 Å². The van der Waals surface area contributed by atoms with Crippen molar-refractivity contribution in [2.24, 2.45) is 0 Å². The smallest absolute Gasteiger partial charge is 0.0991 e. The van der Waals surface area contributed by atoms with Crippen LogP contribution in [0.5, 0.6) is 0 Å². The molecule has 0 unspecified atom stereocenters. The SMILES string of the molecule is Cc1ccc(-c2ccc(C#N)cc2)c(I)c1I. The van der Waals surface area contributed by atoms with Crippen LogP contribution in [0.15, 0.2) is 36.4 Å². The van der Waals surface area contributed by atoms with Gasteiger partial charge in [0.05, 0.1) is 11.6 Å². The molecule has 0 aliphatic carbocycles. The van der Waals surface area contributed by atoms with Crippen LogP contribution in [0.25, 0.3) is 11.1 Å². The van der Waals surface area contributed by atoms with Crippen LogP contribution >= 0.6 is 45.2 Å². The van der Waals surface area contributed by atoms with Gasteiger partial charge in [0.25, 0.3) is 0 Å². The number of nitriles is 1. The normalized spacial score (nSPS) is 10.0.